The predicted octanol–water partition coefficient (Wildman–Crippen LogP) is 2.41. The van der Waals surface area contributed by atoms with Gasteiger partial charge >= 0.3 is 0 Å². The second kappa shape index (κ2) is 5.05. The molecule has 0 saturated carbocycles. The summed E-state index contributed by atoms with van der Waals surface area (Å²) in [4.78, 5) is 4.94. The summed E-state index contributed by atoms with van der Waals surface area (Å²) in [7, 11) is 1.43. The normalized spacial score (nSPS) is 12.4. The van der Waals surface area contributed by atoms with E-state index in [0.29, 0.717) is 10.8 Å². The van der Waals surface area contributed by atoms with Gasteiger partial charge in [-0.3, -0.25) is 0 Å². The smallest absolute Gasteiger partial charge is 0.225 e. The number of hydrogen-bond donors (Lipinski definition) is 2. The van der Waals surface area contributed by atoms with Crippen LogP contribution in [0.5, 0.6) is 11.6 Å². The molecule has 1 unspecified atom stereocenters. The summed E-state index contributed by atoms with van der Waals surface area (Å²) >= 11 is -0.750. The molecule has 2 N–H and O–H groups in total. The summed E-state index contributed by atoms with van der Waals surface area (Å²) in [6.07, 6.45) is 0. The molecule has 0 aliphatic heterocycles. The van der Waals surface area contributed by atoms with Gasteiger partial charge < -0.3 is 14.4 Å². The standard InChI is InChI=1S/C11H11NO4S2/c1-6-10(13)12-11(17-6)7-3-4-9(18(14)15)8(5-7)16-2/h3-5,13H,1-2H3,(H,14,15). The fraction of sp³-hybridized carbons (Fsp3) is 0.182. The lowest BCUT2D eigenvalue weighted by Gasteiger charge is -2.06. The number of aromatic nitrogens is 1. The lowest BCUT2D eigenvalue weighted by atomic mass is 10.2. The van der Waals surface area contributed by atoms with Gasteiger partial charge in [0.15, 0.2) is 11.1 Å². The SMILES string of the molecule is COc1cc(-c2nc(O)c(C)s2)ccc1S(=O)O. The highest BCUT2D eigenvalue weighted by atomic mass is 32.2. The van der Waals surface area contributed by atoms with Gasteiger partial charge in [-0.05, 0) is 19.1 Å². The van der Waals surface area contributed by atoms with E-state index in [1.165, 1.54) is 24.5 Å². The van der Waals surface area contributed by atoms with E-state index in [1.54, 1.807) is 19.1 Å². The van der Waals surface area contributed by atoms with E-state index >= 15 is 0 Å². The summed E-state index contributed by atoms with van der Waals surface area (Å²) in [5, 5.41) is 10.1. The van der Waals surface area contributed by atoms with Crippen LogP contribution in [0, 0.1) is 6.92 Å². The summed E-state index contributed by atoms with van der Waals surface area (Å²) in [6.45, 7) is 1.77. The average molecular weight is 285 g/mol. The zero-order valence-electron chi connectivity index (χ0n) is 9.71. The Labute approximate surface area is 110 Å². The number of aromatic hydroxyl groups is 1. The molecule has 96 valence electrons. The van der Waals surface area contributed by atoms with Crippen LogP contribution >= 0.6 is 11.3 Å². The Balaban J connectivity index is 2.50. The minimum atomic E-state index is -2.10. The molecule has 5 nitrogen and oxygen atoms in total. The highest BCUT2D eigenvalue weighted by Crippen LogP contribution is 2.34. The average Bonchev–Trinajstić information content (AvgIpc) is 2.68. The number of hydrogen-bond acceptors (Lipinski definition) is 5. The van der Waals surface area contributed by atoms with Crippen LogP contribution in [0.4, 0.5) is 0 Å². The third-order valence-corrected chi connectivity index (χ3v) is 4.09. The van der Waals surface area contributed by atoms with E-state index in [1.807, 2.05) is 0 Å². The third kappa shape index (κ3) is 2.38. The maximum Gasteiger partial charge on any atom is 0.225 e. The van der Waals surface area contributed by atoms with Crippen LogP contribution in [-0.4, -0.2) is 26.0 Å². The molecule has 0 radical (unpaired) electrons. The van der Waals surface area contributed by atoms with Gasteiger partial charge in [-0.1, -0.05) is 6.07 Å². The molecule has 0 aliphatic carbocycles. The molecule has 1 atom stereocenters. The van der Waals surface area contributed by atoms with Gasteiger partial charge in [-0.15, -0.1) is 11.3 Å². The summed E-state index contributed by atoms with van der Waals surface area (Å²) in [5.74, 6) is 0.324. The number of rotatable bonds is 3. The van der Waals surface area contributed by atoms with Crippen molar-refractivity contribution in [2.75, 3.05) is 7.11 Å². The molecular formula is C11H11NO4S2. The number of thiazole rings is 1. The van der Waals surface area contributed by atoms with Crippen molar-refractivity contribution in [3.63, 3.8) is 0 Å². The van der Waals surface area contributed by atoms with Crippen molar-refractivity contribution < 1.29 is 18.6 Å². The maximum atomic E-state index is 11.1. The lowest BCUT2D eigenvalue weighted by molar-refractivity contribution is 0.402. The number of benzene rings is 1. The van der Waals surface area contributed by atoms with E-state index in [9.17, 15) is 9.32 Å². The molecule has 1 aromatic heterocycles. The van der Waals surface area contributed by atoms with Gasteiger partial charge in [0.05, 0.1) is 12.0 Å². The minimum absolute atomic E-state index is 0.00350. The van der Waals surface area contributed by atoms with Crippen molar-refractivity contribution in [2.24, 2.45) is 0 Å². The lowest BCUT2D eigenvalue weighted by Crippen LogP contribution is -1.94. The molecule has 0 bridgehead atoms. The van der Waals surface area contributed by atoms with Crippen molar-refractivity contribution in [1.29, 1.82) is 0 Å². The van der Waals surface area contributed by atoms with Crippen LogP contribution in [0.2, 0.25) is 0 Å². The summed E-state index contributed by atoms with van der Waals surface area (Å²) in [5.41, 5.74) is 0.731. The van der Waals surface area contributed by atoms with Crippen molar-refractivity contribution >= 4 is 22.4 Å². The van der Waals surface area contributed by atoms with Crippen LogP contribution < -0.4 is 4.74 Å². The van der Waals surface area contributed by atoms with E-state index in [0.717, 1.165) is 10.4 Å². The Bertz CT molecular complexity index is 590. The molecule has 0 saturated heterocycles. The first-order valence-corrected chi connectivity index (χ1v) is 6.91. The van der Waals surface area contributed by atoms with Crippen LogP contribution in [0.25, 0.3) is 10.6 Å². The fourth-order valence-corrected chi connectivity index (χ4v) is 2.76. The van der Waals surface area contributed by atoms with Crippen LogP contribution in [-0.2, 0) is 11.1 Å². The first-order valence-electron chi connectivity index (χ1n) is 4.98. The predicted molar refractivity (Wildman–Crippen MR) is 69.5 cm³/mol. The second-order valence-corrected chi connectivity index (χ2v) is 5.65. The molecule has 1 heterocycles. The molecule has 0 spiro atoms. The van der Waals surface area contributed by atoms with Gasteiger partial charge in [0.2, 0.25) is 5.88 Å². The quantitative estimate of drug-likeness (QED) is 0.847. The number of aryl methyl sites for hydroxylation is 1. The molecule has 0 fully saturated rings. The van der Waals surface area contributed by atoms with Gasteiger partial charge in [0.25, 0.3) is 0 Å². The first kappa shape index (κ1) is 13.0. The Morgan fingerprint density at radius 1 is 1.44 bits per heavy atom. The zero-order valence-corrected chi connectivity index (χ0v) is 11.3. The van der Waals surface area contributed by atoms with Crippen LogP contribution in [0.1, 0.15) is 4.88 Å². The molecule has 1 aromatic carbocycles. The Morgan fingerprint density at radius 2 is 2.17 bits per heavy atom. The third-order valence-electron chi connectivity index (χ3n) is 2.37. The molecule has 2 aromatic rings. The molecule has 7 heteroatoms. The largest absolute Gasteiger partial charge is 0.495 e. The van der Waals surface area contributed by atoms with E-state index in [4.69, 9.17) is 9.29 Å². The highest BCUT2D eigenvalue weighted by molar-refractivity contribution is 7.79. The number of nitrogens with zero attached hydrogens (tertiary/aromatic N) is 1. The first-order chi connectivity index (χ1) is 8.52. The molecule has 2 rings (SSSR count). The number of ether oxygens (including phenoxy) is 1. The zero-order chi connectivity index (χ0) is 13.3. The number of methoxy groups -OCH3 is 1. The van der Waals surface area contributed by atoms with Crippen molar-refractivity contribution in [1.82, 2.24) is 4.98 Å². The fourth-order valence-electron chi connectivity index (χ4n) is 1.46. The summed E-state index contributed by atoms with van der Waals surface area (Å²) < 4.78 is 25.2. The van der Waals surface area contributed by atoms with E-state index < -0.39 is 11.1 Å². The summed E-state index contributed by atoms with van der Waals surface area (Å²) in [6, 6.07) is 4.81. The van der Waals surface area contributed by atoms with Gasteiger partial charge in [0, 0.05) is 5.56 Å². The van der Waals surface area contributed by atoms with E-state index in [2.05, 4.69) is 4.98 Å². The minimum Gasteiger partial charge on any atom is -0.495 e. The maximum absolute atomic E-state index is 11.1. The van der Waals surface area contributed by atoms with Crippen LogP contribution in [0.3, 0.4) is 0 Å². The van der Waals surface area contributed by atoms with Crippen molar-refractivity contribution in [3.8, 4) is 22.2 Å². The Morgan fingerprint density at radius 3 is 2.67 bits per heavy atom. The molecular weight excluding hydrogens is 274 g/mol. The molecule has 18 heavy (non-hydrogen) atoms. The topological polar surface area (TPSA) is 79.7 Å². The highest BCUT2D eigenvalue weighted by Gasteiger charge is 2.13. The van der Waals surface area contributed by atoms with Crippen molar-refractivity contribution in [3.05, 3.63) is 23.1 Å². The second-order valence-electron chi connectivity index (χ2n) is 3.51. The molecule has 0 amide bonds. The monoisotopic (exact) mass is 285 g/mol. The molecule has 0 aliphatic rings. The van der Waals surface area contributed by atoms with E-state index in [-0.39, 0.29) is 10.8 Å². The van der Waals surface area contributed by atoms with Gasteiger partial charge in [-0.25, -0.2) is 9.19 Å². The van der Waals surface area contributed by atoms with Crippen LogP contribution in [0.15, 0.2) is 23.1 Å². The Hall–Kier alpha value is -1.44. The van der Waals surface area contributed by atoms with Crippen molar-refractivity contribution in [2.45, 2.75) is 11.8 Å². The van der Waals surface area contributed by atoms with Gasteiger partial charge in [-0.2, -0.15) is 0 Å². The van der Waals surface area contributed by atoms with Gasteiger partial charge in [0.1, 0.15) is 15.7 Å². The Kier molecular flexibility index (Phi) is 3.65.